The molecule has 4 N–H and O–H groups in total. The van der Waals surface area contributed by atoms with Crippen molar-refractivity contribution in [3.8, 4) is 0 Å². The molecule has 0 aromatic carbocycles. The zero-order chi connectivity index (χ0) is 24.7. The second-order valence-electron chi connectivity index (χ2n) is 8.12. The molecule has 1 fully saturated rings. The molecule has 0 bridgehead atoms. The molecule has 1 aliphatic heterocycles. The number of aromatic carboxylic acids is 2. The summed E-state index contributed by atoms with van der Waals surface area (Å²) in [6.45, 7) is 3.83. The van der Waals surface area contributed by atoms with E-state index in [1.807, 2.05) is 0 Å². The highest BCUT2D eigenvalue weighted by molar-refractivity contribution is 7.51. The van der Waals surface area contributed by atoms with E-state index in [4.69, 9.17) is 0 Å². The van der Waals surface area contributed by atoms with E-state index >= 15 is 0 Å². The van der Waals surface area contributed by atoms with Gasteiger partial charge in [0.05, 0.1) is 11.4 Å². The lowest BCUT2D eigenvalue weighted by Gasteiger charge is -2.25. The van der Waals surface area contributed by atoms with E-state index in [1.165, 1.54) is 12.1 Å². The zero-order valence-electron chi connectivity index (χ0n) is 18.5. The lowest BCUT2D eigenvalue weighted by atomic mass is 10.2. The van der Waals surface area contributed by atoms with Crippen LogP contribution in [-0.4, -0.2) is 102 Å². The Hall–Kier alpha value is -2.73. The van der Waals surface area contributed by atoms with Crippen LogP contribution in [0.4, 0.5) is 0 Å². The van der Waals surface area contributed by atoms with E-state index in [0.717, 1.165) is 0 Å². The van der Waals surface area contributed by atoms with E-state index in [0.29, 0.717) is 63.7 Å². The number of nitrogens with zero attached hydrogens (tertiary/aromatic N) is 5. The minimum absolute atomic E-state index is 0.0455. The maximum atomic E-state index is 11.6. The predicted molar refractivity (Wildman–Crippen MR) is 121 cm³/mol. The van der Waals surface area contributed by atoms with E-state index in [2.05, 4.69) is 19.8 Å². The molecule has 0 aliphatic carbocycles. The summed E-state index contributed by atoms with van der Waals surface area (Å²) in [5.74, 6) is -2.22. The average molecular weight is 493 g/mol. The Morgan fingerprint density at radius 1 is 0.735 bits per heavy atom. The van der Waals surface area contributed by atoms with Crippen molar-refractivity contribution in [2.45, 2.75) is 13.1 Å². The summed E-state index contributed by atoms with van der Waals surface area (Å²) < 4.78 is 11.6. The highest BCUT2D eigenvalue weighted by Gasteiger charge is 2.23. The van der Waals surface area contributed by atoms with Gasteiger partial charge >= 0.3 is 19.5 Å². The summed E-state index contributed by atoms with van der Waals surface area (Å²) in [4.78, 5) is 55.6. The Morgan fingerprint density at radius 2 is 1.12 bits per heavy atom. The molecule has 2 aromatic heterocycles. The summed E-state index contributed by atoms with van der Waals surface area (Å²) >= 11 is 0. The second kappa shape index (κ2) is 11.6. The van der Waals surface area contributed by atoms with E-state index in [-0.39, 0.29) is 17.7 Å². The first-order chi connectivity index (χ1) is 16.1. The summed E-state index contributed by atoms with van der Waals surface area (Å²) in [5.41, 5.74) is 1.08. The molecule has 0 unspecified atom stereocenters. The lowest BCUT2D eigenvalue weighted by molar-refractivity contribution is 0.0679. The van der Waals surface area contributed by atoms with Crippen molar-refractivity contribution >= 4 is 19.5 Å². The molecular weight excluding hydrogens is 465 g/mol. The van der Waals surface area contributed by atoms with Gasteiger partial charge in [-0.05, 0) is 24.3 Å². The largest absolute Gasteiger partial charge is 0.477 e. The Morgan fingerprint density at radius 3 is 1.47 bits per heavy atom. The standard InChI is InChI=1S/C21H28N5O7P/c27-20(28)18-5-1-3-16(22-18)13-24-7-8-25(10-12-26(11-9-24)15-34(31,32)33)14-17-4-2-6-19(23-17)21(29)30/h1-6H,7-15H2,(H,27,28)(H,29,30)(H2,31,32,33). The van der Waals surface area contributed by atoms with Crippen LogP contribution in [0.5, 0.6) is 0 Å². The fourth-order valence-electron chi connectivity index (χ4n) is 3.73. The number of aromatic nitrogens is 2. The van der Waals surface area contributed by atoms with Gasteiger partial charge in [0.2, 0.25) is 0 Å². The first-order valence-electron chi connectivity index (χ1n) is 10.7. The predicted octanol–water partition coefficient (Wildman–Crippen LogP) is 0.628. The van der Waals surface area contributed by atoms with Crippen molar-refractivity contribution in [1.29, 1.82) is 0 Å². The number of carboxylic acids is 2. The van der Waals surface area contributed by atoms with E-state index in [1.54, 1.807) is 29.2 Å². The first-order valence-corrected chi connectivity index (χ1v) is 12.5. The van der Waals surface area contributed by atoms with E-state index in [9.17, 15) is 34.2 Å². The van der Waals surface area contributed by atoms with Gasteiger partial charge in [0, 0.05) is 52.4 Å². The molecule has 0 radical (unpaired) electrons. The van der Waals surface area contributed by atoms with Gasteiger partial charge in [-0.1, -0.05) is 12.1 Å². The van der Waals surface area contributed by atoms with Gasteiger partial charge in [0.1, 0.15) is 17.7 Å². The molecule has 3 heterocycles. The van der Waals surface area contributed by atoms with Crippen LogP contribution in [0.2, 0.25) is 0 Å². The number of pyridine rings is 2. The van der Waals surface area contributed by atoms with Crippen molar-refractivity contribution in [2.75, 3.05) is 45.6 Å². The normalized spacial score (nSPS) is 17.0. The van der Waals surface area contributed by atoms with Crippen LogP contribution < -0.4 is 0 Å². The lowest BCUT2D eigenvalue weighted by Crippen LogP contribution is -2.36. The van der Waals surface area contributed by atoms with Gasteiger partial charge in [-0.3, -0.25) is 19.3 Å². The number of rotatable bonds is 8. The SMILES string of the molecule is O=C(O)c1cccc(CN2CCN(Cc3cccc(C(=O)O)n3)CCN(CP(=O)(O)O)CC2)n1. The van der Waals surface area contributed by atoms with E-state index < -0.39 is 19.5 Å². The number of hydrogen-bond acceptors (Lipinski definition) is 8. The molecule has 34 heavy (non-hydrogen) atoms. The summed E-state index contributed by atoms with van der Waals surface area (Å²) in [7, 11) is -4.26. The maximum Gasteiger partial charge on any atom is 0.354 e. The third-order valence-electron chi connectivity index (χ3n) is 5.40. The van der Waals surface area contributed by atoms with Gasteiger partial charge in [-0.25, -0.2) is 19.6 Å². The molecule has 2 aromatic rings. The van der Waals surface area contributed by atoms with Gasteiger partial charge in [-0.15, -0.1) is 0 Å². The Bertz CT molecular complexity index is 992. The van der Waals surface area contributed by atoms with Gasteiger partial charge < -0.3 is 20.0 Å². The van der Waals surface area contributed by atoms with Crippen LogP contribution in [0.1, 0.15) is 32.4 Å². The van der Waals surface area contributed by atoms with Crippen LogP contribution in [0.25, 0.3) is 0 Å². The van der Waals surface area contributed by atoms with Crippen molar-refractivity contribution in [2.24, 2.45) is 0 Å². The minimum atomic E-state index is -4.26. The topological polar surface area (TPSA) is 168 Å². The Labute approximate surface area is 196 Å². The number of carbonyl (C=O) groups is 2. The van der Waals surface area contributed by atoms with Crippen LogP contribution in [0.3, 0.4) is 0 Å². The Kier molecular flexibility index (Phi) is 8.84. The zero-order valence-corrected chi connectivity index (χ0v) is 19.4. The second-order valence-corrected chi connectivity index (χ2v) is 9.73. The van der Waals surface area contributed by atoms with Gasteiger partial charge in [-0.2, -0.15) is 0 Å². The molecule has 184 valence electrons. The van der Waals surface area contributed by atoms with Crippen molar-refractivity contribution in [3.63, 3.8) is 0 Å². The van der Waals surface area contributed by atoms with Crippen molar-refractivity contribution in [1.82, 2.24) is 24.7 Å². The van der Waals surface area contributed by atoms with Crippen LogP contribution in [0.15, 0.2) is 36.4 Å². The smallest absolute Gasteiger partial charge is 0.354 e. The quantitative estimate of drug-likeness (QED) is 0.379. The highest BCUT2D eigenvalue weighted by Crippen LogP contribution is 2.35. The van der Waals surface area contributed by atoms with Crippen molar-refractivity contribution in [3.05, 3.63) is 59.2 Å². The van der Waals surface area contributed by atoms with Crippen LogP contribution >= 0.6 is 7.60 Å². The molecule has 0 atom stereocenters. The third kappa shape index (κ3) is 8.24. The fourth-order valence-corrected chi connectivity index (χ4v) is 4.54. The first kappa shape index (κ1) is 25.9. The van der Waals surface area contributed by atoms with Crippen LogP contribution in [-0.2, 0) is 17.7 Å². The van der Waals surface area contributed by atoms with Gasteiger partial charge in [0.25, 0.3) is 0 Å². The molecular formula is C21H28N5O7P. The number of hydrogen-bond donors (Lipinski definition) is 4. The molecule has 13 heteroatoms. The van der Waals surface area contributed by atoms with Crippen molar-refractivity contribution < 1.29 is 34.2 Å². The molecule has 3 rings (SSSR count). The molecule has 1 aliphatic rings. The molecule has 12 nitrogen and oxygen atoms in total. The van der Waals surface area contributed by atoms with Gasteiger partial charge in [0.15, 0.2) is 0 Å². The third-order valence-corrected chi connectivity index (χ3v) is 6.17. The average Bonchev–Trinajstić information content (AvgIpc) is 2.85. The summed E-state index contributed by atoms with van der Waals surface area (Å²) in [5, 5.41) is 18.4. The minimum Gasteiger partial charge on any atom is -0.477 e. The molecule has 0 amide bonds. The molecule has 0 saturated carbocycles. The highest BCUT2D eigenvalue weighted by atomic mass is 31.2. The fraction of sp³-hybridized carbons (Fsp3) is 0.429. The Balaban J connectivity index is 1.76. The summed E-state index contributed by atoms with van der Waals surface area (Å²) in [6.07, 6.45) is -0.367. The molecule has 0 spiro atoms. The number of carboxylic acid groups (broad SMARTS) is 2. The summed E-state index contributed by atoms with van der Waals surface area (Å²) in [6, 6.07) is 9.60. The monoisotopic (exact) mass is 493 g/mol. The maximum absolute atomic E-state index is 11.6. The molecule has 1 saturated heterocycles. The van der Waals surface area contributed by atoms with Crippen LogP contribution in [0, 0.1) is 0 Å².